The number of benzene rings is 2. The molecule has 0 N–H and O–H groups in total. The lowest BCUT2D eigenvalue weighted by Crippen LogP contribution is -2.32. The molecule has 1 aromatic heterocycles. The lowest BCUT2D eigenvalue weighted by Gasteiger charge is -2.20. The molecule has 0 fully saturated rings. The lowest BCUT2D eigenvalue weighted by molar-refractivity contribution is 0.0600. The highest BCUT2D eigenvalue weighted by molar-refractivity contribution is 7.89. The Morgan fingerprint density at radius 2 is 1.66 bits per heavy atom. The minimum Gasteiger partial charge on any atom is -0.465 e. The Morgan fingerprint density at radius 3 is 2.24 bits per heavy atom. The molecule has 3 rings (SSSR count). The standard InChI is InChI=1S/C25H25N5O6S2/c1-35-16-15-30-21-10-7-19(24(32)36-2)17-22(21)37-25(30)28-23(31)18-5-8-20(9-6-18)38(33,34)29(13-3-11-26)14-4-12-27/h5-10,17H,3-4,13-16H2,1-2H3. The van der Waals surface area contributed by atoms with Crippen molar-refractivity contribution in [3.63, 3.8) is 0 Å². The van der Waals surface area contributed by atoms with Gasteiger partial charge in [0.2, 0.25) is 10.0 Å². The summed E-state index contributed by atoms with van der Waals surface area (Å²) in [5, 5.41) is 17.7. The molecule has 0 aliphatic heterocycles. The number of hydrogen-bond donors (Lipinski definition) is 0. The SMILES string of the molecule is COCCn1c(=NC(=O)c2ccc(S(=O)(=O)N(CCC#N)CCC#N)cc2)sc2cc(C(=O)OC)ccc21. The van der Waals surface area contributed by atoms with E-state index in [0.29, 0.717) is 23.5 Å². The summed E-state index contributed by atoms with van der Waals surface area (Å²) >= 11 is 1.22. The van der Waals surface area contributed by atoms with Gasteiger partial charge in [-0.3, -0.25) is 4.79 Å². The van der Waals surface area contributed by atoms with Gasteiger partial charge in [0, 0.05) is 45.1 Å². The number of esters is 1. The second-order valence-corrected chi connectivity index (χ2v) is 10.8. The molecule has 0 unspecified atom stereocenters. The number of methoxy groups -OCH3 is 2. The maximum absolute atomic E-state index is 13.0. The smallest absolute Gasteiger partial charge is 0.337 e. The molecule has 0 atom stereocenters. The summed E-state index contributed by atoms with van der Waals surface area (Å²) in [6, 6.07) is 14.2. The largest absolute Gasteiger partial charge is 0.465 e. The van der Waals surface area contributed by atoms with Crippen LogP contribution in [0.5, 0.6) is 0 Å². The Bertz CT molecular complexity index is 1560. The van der Waals surface area contributed by atoms with Crippen LogP contribution in [0.25, 0.3) is 10.2 Å². The highest BCUT2D eigenvalue weighted by atomic mass is 32.2. The topological polar surface area (TPSA) is 155 Å². The van der Waals surface area contributed by atoms with Crippen molar-refractivity contribution in [1.29, 1.82) is 10.5 Å². The van der Waals surface area contributed by atoms with Crippen LogP contribution in [0.3, 0.4) is 0 Å². The summed E-state index contributed by atoms with van der Waals surface area (Å²) in [7, 11) is -1.10. The minimum absolute atomic E-state index is 0.0144. The number of carbonyl (C=O) groups excluding carboxylic acids is 2. The zero-order chi connectivity index (χ0) is 27.7. The number of thiazole rings is 1. The quantitative estimate of drug-likeness (QED) is 0.327. The number of rotatable bonds is 11. The molecular weight excluding hydrogens is 530 g/mol. The number of hydrogen-bond acceptors (Lipinski definition) is 9. The Balaban J connectivity index is 1.96. The third-order valence-electron chi connectivity index (χ3n) is 5.51. The first-order valence-electron chi connectivity index (χ1n) is 11.4. The van der Waals surface area contributed by atoms with Gasteiger partial charge in [0.25, 0.3) is 5.91 Å². The van der Waals surface area contributed by atoms with Gasteiger partial charge in [0.1, 0.15) is 0 Å². The molecule has 0 aliphatic carbocycles. The van der Waals surface area contributed by atoms with Crippen molar-refractivity contribution in [2.75, 3.05) is 33.9 Å². The van der Waals surface area contributed by atoms with Crippen LogP contribution in [-0.4, -0.2) is 63.1 Å². The molecule has 0 bridgehead atoms. The van der Waals surface area contributed by atoms with Crippen LogP contribution >= 0.6 is 11.3 Å². The van der Waals surface area contributed by atoms with E-state index >= 15 is 0 Å². The zero-order valence-corrected chi connectivity index (χ0v) is 22.4. The fraction of sp³-hybridized carbons (Fsp3) is 0.320. The second kappa shape index (κ2) is 13.1. The third kappa shape index (κ3) is 6.51. The molecule has 13 heteroatoms. The van der Waals surface area contributed by atoms with E-state index in [0.717, 1.165) is 14.5 Å². The summed E-state index contributed by atoms with van der Waals surface area (Å²) < 4.78 is 39.6. The molecule has 0 aliphatic rings. The normalized spacial score (nSPS) is 11.9. The molecule has 1 amide bonds. The number of amides is 1. The van der Waals surface area contributed by atoms with E-state index in [-0.39, 0.29) is 36.4 Å². The predicted molar refractivity (Wildman–Crippen MR) is 139 cm³/mol. The molecule has 198 valence electrons. The predicted octanol–water partition coefficient (Wildman–Crippen LogP) is 2.69. The highest BCUT2D eigenvalue weighted by Crippen LogP contribution is 2.21. The molecule has 0 saturated heterocycles. The van der Waals surface area contributed by atoms with Gasteiger partial charge < -0.3 is 14.0 Å². The number of carbonyl (C=O) groups is 2. The number of nitrogens with zero attached hydrogens (tertiary/aromatic N) is 5. The summed E-state index contributed by atoms with van der Waals surface area (Å²) in [6.07, 6.45) is -0.0288. The Labute approximate surface area is 223 Å². The van der Waals surface area contributed by atoms with Crippen molar-refractivity contribution < 1.29 is 27.5 Å². The van der Waals surface area contributed by atoms with Crippen LogP contribution in [0.4, 0.5) is 0 Å². The first kappa shape index (κ1) is 28.7. The van der Waals surface area contributed by atoms with E-state index < -0.39 is 21.9 Å². The maximum Gasteiger partial charge on any atom is 0.337 e. The maximum atomic E-state index is 13.0. The van der Waals surface area contributed by atoms with Crippen molar-refractivity contribution in [2.45, 2.75) is 24.3 Å². The molecule has 38 heavy (non-hydrogen) atoms. The van der Waals surface area contributed by atoms with E-state index in [9.17, 15) is 18.0 Å². The molecule has 0 saturated carbocycles. The van der Waals surface area contributed by atoms with Crippen molar-refractivity contribution in [2.24, 2.45) is 4.99 Å². The van der Waals surface area contributed by atoms with Gasteiger partial charge in [-0.15, -0.1) is 0 Å². The molecule has 2 aromatic carbocycles. The van der Waals surface area contributed by atoms with Crippen molar-refractivity contribution >= 4 is 43.5 Å². The number of nitriles is 2. The van der Waals surface area contributed by atoms with Crippen LogP contribution in [0, 0.1) is 22.7 Å². The molecular formula is C25H25N5O6S2. The minimum atomic E-state index is -3.96. The van der Waals surface area contributed by atoms with Crippen LogP contribution in [0.2, 0.25) is 0 Å². The van der Waals surface area contributed by atoms with E-state index in [2.05, 4.69) is 4.99 Å². The van der Waals surface area contributed by atoms with E-state index in [1.165, 1.54) is 42.7 Å². The number of fused-ring (bicyclic) bond motifs is 1. The zero-order valence-electron chi connectivity index (χ0n) is 20.8. The van der Waals surface area contributed by atoms with Crippen LogP contribution in [-0.2, 0) is 26.0 Å². The van der Waals surface area contributed by atoms with E-state index in [1.807, 2.05) is 16.7 Å². The average molecular weight is 556 g/mol. The molecule has 0 spiro atoms. The van der Waals surface area contributed by atoms with Gasteiger partial charge in [-0.2, -0.15) is 19.8 Å². The van der Waals surface area contributed by atoms with Gasteiger partial charge in [0.05, 0.1) is 46.5 Å². The van der Waals surface area contributed by atoms with Crippen LogP contribution in [0.15, 0.2) is 52.4 Å². The Hall–Kier alpha value is -3.88. The van der Waals surface area contributed by atoms with Crippen molar-refractivity contribution in [1.82, 2.24) is 8.87 Å². The number of sulfonamides is 1. The first-order valence-corrected chi connectivity index (χ1v) is 13.7. The van der Waals surface area contributed by atoms with Gasteiger partial charge in [-0.1, -0.05) is 11.3 Å². The second-order valence-electron chi connectivity index (χ2n) is 7.86. The summed E-state index contributed by atoms with van der Waals surface area (Å²) in [5.74, 6) is -1.06. The van der Waals surface area contributed by atoms with E-state index in [4.69, 9.17) is 20.0 Å². The molecule has 3 aromatic rings. The van der Waals surface area contributed by atoms with Crippen LogP contribution < -0.4 is 4.80 Å². The van der Waals surface area contributed by atoms with Gasteiger partial charge in [0.15, 0.2) is 4.80 Å². The Morgan fingerprint density at radius 1 is 1.03 bits per heavy atom. The number of aromatic nitrogens is 1. The van der Waals surface area contributed by atoms with Crippen molar-refractivity contribution in [3.8, 4) is 12.1 Å². The third-order valence-corrected chi connectivity index (χ3v) is 8.46. The lowest BCUT2D eigenvalue weighted by atomic mass is 10.2. The van der Waals surface area contributed by atoms with Gasteiger partial charge in [-0.25, -0.2) is 13.2 Å². The molecule has 0 radical (unpaired) electrons. The van der Waals surface area contributed by atoms with Crippen LogP contribution in [0.1, 0.15) is 33.6 Å². The van der Waals surface area contributed by atoms with E-state index in [1.54, 1.807) is 25.3 Å². The van der Waals surface area contributed by atoms with Gasteiger partial charge >= 0.3 is 5.97 Å². The highest BCUT2D eigenvalue weighted by Gasteiger charge is 2.24. The fourth-order valence-corrected chi connectivity index (χ4v) is 6.11. The summed E-state index contributed by atoms with van der Waals surface area (Å²) in [5.41, 5.74) is 1.31. The molecule has 1 heterocycles. The monoisotopic (exact) mass is 555 g/mol. The molecule has 11 nitrogen and oxygen atoms in total. The van der Waals surface area contributed by atoms with Crippen molar-refractivity contribution in [3.05, 3.63) is 58.4 Å². The number of ether oxygens (including phenoxy) is 2. The first-order chi connectivity index (χ1) is 18.3. The summed E-state index contributed by atoms with van der Waals surface area (Å²) in [6.45, 7) is 0.703. The average Bonchev–Trinajstić information content (AvgIpc) is 3.27. The fourth-order valence-electron chi connectivity index (χ4n) is 3.57. The summed E-state index contributed by atoms with van der Waals surface area (Å²) in [4.78, 5) is 29.5. The van der Waals surface area contributed by atoms with Gasteiger partial charge in [-0.05, 0) is 42.5 Å². The Kier molecular flexibility index (Phi) is 9.87.